The Morgan fingerprint density at radius 3 is 2.57 bits per heavy atom. The molecular formula is C18H25IN4. The van der Waals surface area contributed by atoms with Gasteiger partial charge >= 0.3 is 0 Å². The predicted octanol–water partition coefficient (Wildman–Crippen LogP) is 3.26. The van der Waals surface area contributed by atoms with Crippen LogP contribution in [0.25, 0.3) is 0 Å². The molecule has 0 spiro atoms. The summed E-state index contributed by atoms with van der Waals surface area (Å²) in [5, 5.41) is 3.39. The number of halogens is 1. The van der Waals surface area contributed by atoms with Crippen molar-refractivity contribution in [3.05, 3.63) is 65.5 Å². The first-order valence-electron chi connectivity index (χ1n) is 7.57. The number of rotatable bonds is 5. The highest BCUT2D eigenvalue weighted by Crippen LogP contribution is 2.09. The first-order chi connectivity index (χ1) is 10.7. The summed E-state index contributed by atoms with van der Waals surface area (Å²) in [7, 11) is 3.87. The van der Waals surface area contributed by atoms with Crippen LogP contribution in [0.1, 0.15) is 16.8 Å². The van der Waals surface area contributed by atoms with Crippen molar-refractivity contribution in [1.82, 2.24) is 15.2 Å². The van der Waals surface area contributed by atoms with Crippen LogP contribution >= 0.6 is 24.0 Å². The van der Waals surface area contributed by atoms with Crippen LogP contribution < -0.4 is 5.32 Å². The van der Waals surface area contributed by atoms with Crippen molar-refractivity contribution < 1.29 is 0 Å². The SMILES string of the molecule is CN=C(NCCc1ccccn1)N(C)Cc1ccccc1C.I. The first-order valence-corrected chi connectivity index (χ1v) is 7.57. The van der Waals surface area contributed by atoms with E-state index in [-0.39, 0.29) is 24.0 Å². The van der Waals surface area contributed by atoms with Gasteiger partial charge in [0.1, 0.15) is 0 Å². The number of benzene rings is 1. The zero-order valence-electron chi connectivity index (χ0n) is 14.0. The number of aliphatic imine (C=N–C) groups is 1. The average Bonchev–Trinajstić information content (AvgIpc) is 2.54. The van der Waals surface area contributed by atoms with Crippen molar-refractivity contribution in [3.63, 3.8) is 0 Å². The minimum atomic E-state index is 0. The van der Waals surface area contributed by atoms with Gasteiger partial charge in [0.15, 0.2) is 5.96 Å². The van der Waals surface area contributed by atoms with Gasteiger partial charge in [0, 0.05) is 45.5 Å². The van der Waals surface area contributed by atoms with Gasteiger partial charge in [-0.2, -0.15) is 0 Å². The maximum Gasteiger partial charge on any atom is 0.193 e. The molecule has 4 nitrogen and oxygen atoms in total. The topological polar surface area (TPSA) is 40.5 Å². The molecule has 0 unspecified atom stereocenters. The molecule has 23 heavy (non-hydrogen) atoms. The molecule has 0 saturated carbocycles. The summed E-state index contributed by atoms with van der Waals surface area (Å²) in [6, 6.07) is 14.4. The van der Waals surface area contributed by atoms with Gasteiger partial charge in [-0.3, -0.25) is 9.98 Å². The Morgan fingerprint density at radius 2 is 1.91 bits per heavy atom. The van der Waals surface area contributed by atoms with Crippen LogP contribution in [-0.2, 0) is 13.0 Å². The summed E-state index contributed by atoms with van der Waals surface area (Å²) >= 11 is 0. The second-order valence-corrected chi connectivity index (χ2v) is 5.33. The number of nitrogens with zero attached hydrogens (tertiary/aromatic N) is 3. The summed E-state index contributed by atoms with van der Waals surface area (Å²) < 4.78 is 0. The third kappa shape index (κ3) is 6.17. The van der Waals surface area contributed by atoms with E-state index in [1.165, 1.54) is 11.1 Å². The number of hydrogen-bond acceptors (Lipinski definition) is 2. The Morgan fingerprint density at radius 1 is 1.17 bits per heavy atom. The number of hydrogen-bond donors (Lipinski definition) is 1. The van der Waals surface area contributed by atoms with Crippen LogP contribution in [0.3, 0.4) is 0 Å². The third-order valence-electron chi connectivity index (χ3n) is 3.63. The molecule has 0 amide bonds. The second kappa shape index (κ2) is 10.2. The Hall–Kier alpha value is -1.63. The molecule has 124 valence electrons. The van der Waals surface area contributed by atoms with Crippen molar-refractivity contribution in [3.8, 4) is 0 Å². The molecule has 1 N–H and O–H groups in total. The predicted molar refractivity (Wildman–Crippen MR) is 107 cm³/mol. The Bertz CT molecular complexity index is 613. The lowest BCUT2D eigenvalue weighted by atomic mass is 10.1. The fourth-order valence-electron chi connectivity index (χ4n) is 2.35. The number of aromatic nitrogens is 1. The lowest BCUT2D eigenvalue weighted by Gasteiger charge is -2.23. The smallest absolute Gasteiger partial charge is 0.193 e. The minimum absolute atomic E-state index is 0. The van der Waals surface area contributed by atoms with Gasteiger partial charge in [0.05, 0.1) is 0 Å². The number of guanidine groups is 1. The van der Waals surface area contributed by atoms with Gasteiger partial charge in [-0.1, -0.05) is 30.3 Å². The lowest BCUT2D eigenvalue weighted by molar-refractivity contribution is 0.476. The molecule has 1 aromatic carbocycles. The van der Waals surface area contributed by atoms with Crippen LogP contribution in [0.15, 0.2) is 53.7 Å². The van der Waals surface area contributed by atoms with E-state index in [1.807, 2.05) is 31.4 Å². The second-order valence-electron chi connectivity index (χ2n) is 5.33. The average molecular weight is 424 g/mol. The lowest BCUT2D eigenvalue weighted by Crippen LogP contribution is -2.39. The zero-order chi connectivity index (χ0) is 15.8. The van der Waals surface area contributed by atoms with Crippen LogP contribution in [0, 0.1) is 6.92 Å². The van der Waals surface area contributed by atoms with Crippen LogP contribution in [0.5, 0.6) is 0 Å². The van der Waals surface area contributed by atoms with Crippen LogP contribution in [0.4, 0.5) is 0 Å². The molecule has 0 fully saturated rings. The molecule has 0 atom stereocenters. The summed E-state index contributed by atoms with van der Waals surface area (Å²) in [5.74, 6) is 0.902. The number of aryl methyl sites for hydroxylation is 1. The molecule has 0 aliphatic carbocycles. The molecule has 0 aliphatic heterocycles. The minimum Gasteiger partial charge on any atom is -0.356 e. The van der Waals surface area contributed by atoms with Gasteiger partial charge in [0.25, 0.3) is 0 Å². The molecule has 0 bridgehead atoms. The van der Waals surface area contributed by atoms with Crippen molar-refractivity contribution in [1.29, 1.82) is 0 Å². The highest BCUT2D eigenvalue weighted by Gasteiger charge is 2.07. The molecule has 2 rings (SSSR count). The highest BCUT2D eigenvalue weighted by molar-refractivity contribution is 14.0. The quantitative estimate of drug-likeness (QED) is 0.455. The number of nitrogens with one attached hydrogen (secondary N) is 1. The monoisotopic (exact) mass is 424 g/mol. The molecular weight excluding hydrogens is 399 g/mol. The fraction of sp³-hybridized carbons (Fsp3) is 0.333. The van der Waals surface area contributed by atoms with E-state index >= 15 is 0 Å². The molecule has 1 heterocycles. The maximum atomic E-state index is 4.36. The first kappa shape index (κ1) is 19.4. The van der Waals surface area contributed by atoms with E-state index in [0.29, 0.717) is 0 Å². The summed E-state index contributed by atoms with van der Waals surface area (Å²) in [6.07, 6.45) is 2.71. The van der Waals surface area contributed by atoms with Crippen molar-refractivity contribution in [2.45, 2.75) is 19.9 Å². The van der Waals surface area contributed by atoms with E-state index < -0.39 is 0 Å². The van der Waals surface area contributed by atoms with E-state index in [4.69, 9.17) is 0 Å². The molecule has 0 aliphatic rings. The summed E-state index contributed by atoms with van der Waals surface area (Å²) in [5.41, 5.74) is 3.71. The van der Waals surface area contributed by atoms with E-state index in [1.54, 1.807) is 0 Å². The summed E-state index contributed by atoms with van der Waals surface area (Å²) in [6.45, 7) is 3.80. The summed E-state index contributed by atoms with van der Waals surface area (Å²) in [4.78, 5) is 10.8. The Kier molecular flexibility index (Phi) is 8.61. The molecule has 0 saturated heterocycles. The van der Waals surface area contributed by atoms with E-state index in [0.717, 1.165) is 31.2 Å². The third-order valence-corrected chi connectivity index (χ3v) is 3.63. The Balaban J connectivity index is 0.00000264. The van der Waals surface area contributed by atoms with Crippen molar-refractivity contribution in [2.24, 2.45) is 4.99 Å². The molecule has 1 aromatic heterocycles. The van der Waals surface area contributed by atoms with Gasteiger partial charge in [-0.05, 0) is 30.2 Å². The van der Waals surface area contributed by atoms with Gasteiger partial charge in [-0.25, -0.2) is 0 Å². The molecule has 2 aromatic rings. The number of pyridine rings is 1. The highest BCUT2D eigenvalue weighted by atomic mass is 127. The van der Waals surface area contributed by atoms with Gasteiger partial charge in [-0.15, -0.1) is 24.0 Å². The molecule has 5 heteroatoms. The van der Waals surface area contributed by atoms with E-state index in [9.17, 15) is 0 Å². The van der Waals surface area contributed by atoms with Crippen molar-refractivity contribution in [2.75, 3.05) is 20.6 Å². The normalized spacial score (nSPS) is 10.8. The standard InChI is InChI=1S/C18H24N4.HI/c1-15-8-4-5-9-16(15)14-22(3)18(19-2)21-13-11-17-10-6-7-12-20-17;/h4-10,12H,11,13-14H2,1-3H3,(H,19,21);1H. The van der Waals surface area contributed by atoms with Gasteiger partial charge in [0.2, 0.25) is 0 Å². The van der Waals surface area contributed by atoms with Gasteiger partial charge < -0.3 is 10.2 Å². The largest absolute Gasteiger partial charge is 0.356 e. The van der Waals surface area contributed by atoms with Crippen LogP contribution in [-0.4, -0.2) is 36.5 Å². The van der Waals surface area contributed by atoms with Crippen LogP contribution in [0.2, 0.25) is 0 Å². The molecule has 0 radical (unpaired) electrons. The van der Waals surface area contributed by atoms with Crippen molar-refractivity contribution >= 4 is 29.9 Å². The Labute approximate surface area is 156 Å². The van der Waals surface area contributed by atoms with E-state index in [2.05, 4.69) is 58.4 Å². The fourth-order valence-corrected chi connectivity index (χ4v) is 2.35. The maximum absolute atomic E-state index is 4.36. The zero-order valence-corrected chi connectivity index (χ0v) is 16.3.